The summed E-state index contributed by atoms with van der Waals surface area (Å²) in [5, 5.41) is 44.6. The van der Waals surface area contributed by atoms with Gasteiger partial charge in [0.2, 0.25) is 0 Å². The molecule has 0 amide bonds. The molecule has 2 aliphatic rings. The van der Waals surface area contributed by atoms with Crippen LogP contribution in [0.15, 0.2) is 47.1 Å². The maximum atomic E-state index is 13.3. The second kappa shape index (κ2) is 15.8. The summed E-state index contributed by atoms with van der Waals surface area (Å²) in [5.74, 6) is -4.02. The van der Waals surface area contributed by atoms with Gasteiger partial charge in [-0.15, -0.1) is 0 Å². The van der Waals surface area contributed by atoms with E-state index in [2.05, 4.69) is 0 Å². The summed E-state index contributed by atoms with van der Waals surface area (Å²) >= 11 is 0. The van der Waals surface area contributed by atoms with Crippen LogP contribution >= 0.6 is 0 Å². The highest BCUT2D eigenvalue weighted by molar-refractivity contribution is 5.88. The topological polar surface area (TPSA) is 126 Å². The molecule has 4 N–H and O–H groups in total. The average molecular weight is 593 g/mol. The number of carbonyl (C=O) groups excluding carboxylic acids is 1. The summed E-state index contributed by atoms with van der Waals surface area (Å²) in [7, 11) is 1.52. The number of carbonyl (C=O) groups is 1. The van der Waals surface area contributed by atoms with Gasteiger partial charge in [0.15, 0.2) is 5.79 Å². The van der Waals surface area contributed by atoms with E-state index in [1.54, 1.807) is 32.9 Å². The zero-order valence-corrected chi connectivity index (χ0v) is 27.3. The van der Waals surface area contributed by atoms with Gasteiger partial charge < -0.3 is 34.6 Å². The lowest BCUT2D eigenvalue weighted by Crippen LogP contribution is -2.58. The van der Waals surface area contributed by atoms with E-state index in [-0.39, 0.29) is 30.3 Å². The van der Waals surface area contributed by atoms with Gasteiger partial charge in [-0.2, -0.15) is 0 Å². The standard InChI is InChI=1S/C34H56O8/c1-11-28-24(7)27(35)18-34(39,42-28)26(9)31(37)25(8)32-29(40-10)14-12-13-19(2)15-21(4)30(36)22(5)16-20(3)17-23(6)33(38)41-32/h12-14,16-17,21-22,24-32,35-37,39H,11,15,18H2,1-10H3. The van der Waals surface area contributed by atoms with Crippen molar-refractivity contribution in [3.63, 3.8) is 0 Å². The Bertz CT molecular complexity index is 1020. The van der Waals surface area contributed by atoms with Crippen LogP contribution in [0.2, 0.25) is 0 Å². The van der Waals surface area contributed by atoms with Crippen molar-refractivity contribution in [2.75, 3.05) is 7.11 Å². The molecule has 8 heteroatoms. The molecule has 12 atom stereocenters. The van der Waals surface area contributed by atoms with Crippen molar-refractivity contribution in [2.45, 2.75) is 124 Å². The molecule has 0 aromatic rings. The predicted molar refractivity (Wildman–Crippen MR) is 164 cm³/mol. The summed E-state index contributed by atoms with van der Waals surface area (Å²) in [6.45, 7) is 16.8. The Hall–Kier alpha value is -1.81. The summed E-state index contributed by atoms with van der Waals surface area (Å²) in [6.07, 6.45) is 6.13. The average Bonchev–Trinajstić information content (AvgIpc) is 2.93. The summed E-state index contributed by atoms with van der Waals surface area (Å²) in [6, 6.07) is 0. The van der Waals surface area contributed by atoms with E-state index < -0.39 is 54.1 Å². The second-order valence-corrected chi connectivity index (χ2v) is 12.9. The maximum Gasteiger partial charge on any atom is 0.334 e. The lowest BCUT2D eigenvalue weighted by Gasteiger charge is -2.48. The van der Waals surface area contributed by atoms with Gasteiger partial charge in [0.1, 0.15) is 12.2 Å². The fraction of sp³-hybridized carbons (Fsp3) is 0.735. The minimum atomic E-state index is -1.75. The van der Waals surface area contributed by atoms with Crippen LogP contribution in [0.5, 0.6) is 0 Å². The largest absolute Gasteiger partial charge is 0.456 e. The molecule has 240 valence electrons. The Kier molecular flexibility index (Phi) is 13.7. The fourth-order valence-electron chi connectivity index (χ4n) is 6.33. The van der Waals surface area contributed by atoms with Crippen molar-refractivity contribution in [3.8, 4) is 0 Å². The molecule has 0 spiro atoms. The number of rotatable bonds is 6. The minimum absolute atomic E-state index is 0.0286. The molecule has 2 heterocycles. The Morgan fingerprint density at radius 2 is 1.79 bits per heavy atom. The zero-order valence-electron chi connectivity index (χ0n) is 27.3. The number of methoxy groups -OCH3 is 1. The molecule has 0 bridgehead atoms. The van der Waals surface area contributed by atoms with Crippen molar-refractivity contribution < 1.29 is 39.4 Å². The lowest BCUT2D eigenvalue weighted by atomic mass is 9.77. The smallest absolute Gasteiger partial charge is 0.334 e. The summed E-state index contributed by atoms with van der Waals surface area (Å²) in [4.78, 5) is 13.3. The quantitative estimate of drug-likeness (QED) is 0.322. The first-order valence-corrected chi connectivity index (χ1v) is 15.4. The number of hydrogen-bond donors (Lipinski definition) is 4. The number of ether oxygens (including phenoxy) is 3. The molecule has 0 radical (unpaired) electrons. The van der Waals surface area contributed by atoms with Crippen LogP contribution in [0, 0.1) is 29.6 Å². The van der Waals surface area contributed by atoms with E-state index >= 15 is 0 Å². The third-order valence-corrected chi connectivity index (χ3v) is 9.31. The van der Waals surface area contributed by atoms with Gasteiger partial charge >= 0.3 is 5.97 Å². The molecular formula is C34H56O8. The lowest BCUT2D eigenvalue weighted by molar-refractivity contribution is -0.322. The van der Waals surface area contributed by atoms with Gasteiger partial charge in [-0.25, -0.2) is 4.79 Å². The van der Waals surface area contributed by atoms with Crippen molar-refractivity contribution in [1.82, 2.24) is 0 Å². The summed E-state index contributed by atoms with van der Waals surface area (Å²) in [5.41, 5.74) is 2.28. The Morgan fingerprint density at radius 3 is 2.38 bits per heavy atom. The number of esters is 1. The highest BCUT2D eigenvalue weighted by Gasteiger charge is 2.50. The van der Waals surface area contributed by atoms with Crippen LogP contribution < -0.4 is 0 Å². The van der Waals surface area contributed by atoms with Crippen molar-refractivity contribution in [2.24, 2.45) is 29.6 Å². The number of hydrogen-bond acceptors (Lipinski definition) is 8. The third-order valence-electron chi connectivity index (χ3n) is 9.31. The van der Waals surface area contributed by atoms with Gasteiger partial charge in [0.05, 0.1) is 24.4 Å². The second-order valence-electron chi connectivity index (χ2n) is 12.9. The molecule has 2 aliphatic heterocycles. The van der Waals surface area contributed by atoms with Crippen molar-refractivity contribution >= 4 is 5.97 Å². The van der Waals surface area contributed by atoms with E-state index in [9.17, 15) is 25.2 Å². The zero-order chi connectivity index (χ0) is 31.9. The van der Waals surface area contributed by atoms with Crippen LogP contribution in [0.1, 0.15) is 81.6 Å². The number of aliphatic hydroxyl groups excluding tert-OH is 3. The van der Waals surface area contributed by atoms with Gasteiger partial charge in [-0.3, -0.25) is 0 Å². The van der Waals surface area contributed by atoms with E-state index in [0.29, 0.717) is 18.4 Å². The molecule has 0 saturated carbocycles. The molecule has 42 heavy (non-hydrogen) atoms. The first-order valence-electron chi connectivity index (χ1n) is 15.4. The molecule has 2 rings (SSSR count). The van der Waals surface area contributed by atoms with Gasteiger partial charge in [0, 0.05) is 42.8 Å². The first-order chi connectivity index (χ1) is 19.6. The Morgan fingerprint density at radius 1 is 1.14 bits per heavy atom. The molecule has 0 aromatic carbocycles. The highest BCUT2D eigenvalue weighted by Crippen LogP contribution is 2.40. The first kappa shape index (κ1) is 36.4. The normalized spacial score (nSPS) is 38.0. The molecular weight excluding hydrogens is 536 g/mol. The number of aliphatic hydroxyl groups is 4. The van der Waals surface area contributed by atoms with Gasteiger partial charge in [-0.05, 0) is 45.6 Å². The van der Waals surface area contributed by atoms with E-state index in [4.69, 9.17) is 14.2 Å². The molecule has 12 unspecified atom stereocenters. The van der Waals surface area contributed by atoms with E-state index in [0.717, 1.165) is 11.1 Å². The fourth-order valence-corrected chi connectivity index (χ4v) is 6.33. The van der Waals surface area contributed by atoms with E-state index in [1.807, 2.05) is 59.8 Å². The van der Waals surface area contributed by atoms with Gasteiger partial charge in [-0.1, -0.05) is 77.0 Å². The maximum absolute atomic E-state index is 13.3. The molecule has 0 aliphatic carbocycles. The SMILES string of the molecule is CCC1OC(O)(C(C)C(O)C(C)C2OC(=O)C(C)=CC(C)=CC(C)C(O)C(C)CC(C)=CC=CC2OC)CC(O)C1C. The monoisotopic (exact) mass is 592 g/mol. The predicted octanol–water partition coefficient (Wildman–Crippen LogP) is 4.86. The van der Waals surface area contributed by atoms with E-state index in [1.165, 1.54) is 7.11 Å². The third kappa shape index (κ3) is 9.10. The van der Waals surface area contributed by atoms with Crippen LogP contribution in [0.4, 0.5) is 0 Å². The number of allylic oxidation sites excluding steroid dienone is 5. The Balaban J connectivity index is 2.47. The van der Waals surface area contributed by atoms with Crippen LogP contribution in [0.25, 0.3) is 0 Å². The van der Waals surface area contributed by atoms with Gasteiger partial charge in [0.25, 0.3) is 0 Å². The van der Waals surface area contributed by atoms with Crippen molar-refractivity contribution in [1.29, 1.82) is 0 Å². The molecule has 1 fully saturated rings. The molecule has 8 nitrogen and oxygen atoms in total. The number of cyclic esters (lactones) is 1. The van der Waals surface area contributed by atoms with Crippen LogP contribution in [-0.2, 0) is 19.0 Å². The van der Waals surface area contributed by atoms with Crippen LogP contribution in [0.3, 0.4) is 0 Å². The molecule has 0 aromatic heterocycles. The Labute approximate surface area is 253 Å². The molecule has 1 saturated heterocycles. The minimum Gasteiger partial charge on any atom is -0.456 e. The summed E-state index contributed by atoms with van der Waals surface area (Å²) < 4.78 is 17.9. The van der Waals surface area contributed by atoms with Crippen LogP contribution in [-0.4, -0.2) is 75.9 Å². The van der Waals surface area contributed by atoms with Crippen molar-refractivity contribution in [3.05, 3.63) is 47.1 Å². The highest BCUT2D eigenvalue weighted by atomic mass is 16.6.